The van der Waals surface area contributed by atoms with Gasteiger partial charge in [0, 0.05) is 0 Å². The van der Waals surface area contributed by atoms with Gasteiger partial charge in [-0.05, 0) is 68.0 Å². The van der Waals surface area contributed by atoms with Crippen molar-refractivity contribution in [1.29, 1.82) is 0 Å². The molecule has 0 saturated heterocycles. The minimum absolute atomic E-state index is 0.246. The topological polar surface area (TPSA) is 0 Å². The fraction of sp³-hybridized carbons (Fsp3) is 0.889. The molecule has 3 rings (SSSR count). The summed E-state index contributed by atoms with van der Waals surface area (Å²) in [5.41, 5.74) is 2.24. The van der Waals surface area contributed by atoms with Crippen LogP contribution in [-0.2, 0) is 0 Å². The maximum atomic E-state index is 2.69. The molecule has 2 fully saturated rings. The van der Waals surface area contributed by atoms with Crippen molar-refractivity contribution in [2.75, 3.05) is 0 Å². The van der Waals surface area contributed by atoms with Gasteiger partial charge in [-0.2, -0.15) is 0 Å². The van der Waals surface area contributed by atoms with Crippen LogP contribution in [0.3, 0.4) is 0 Å². The maximum absolute atomic E-state index is 2.69. The van der Waals surface area contributed by atoms with Gasteiger partial charge in [-0.3, -0.25) is 0 Å². The molecule has 1 heteroatoms. The van der Waals surface area contributed by atoms with Crippen molar-refractivity contribution in [2.45, 2.75) is 101 Å². The number of rotatable bonds is 3. The van der Waals surface area contributed by atoms with E-state index in [9.17, 15) is 0 Å². The lowest BCUT2D eigenvalue weighted by atomic mass is 9.99. The molecule has 0 atom stereocenters. The van der Waals surface area contributed by atoms with Gasteiger partial charge in [0.15, 0.2) is 0 Å². The van der Waals surface area contributed by atoms with Gasteiger partial charge in [0.1, 0.15) is 0 Å². The molecule has 0 amide bonds. The van der Waals surface area contributed by atoms with E-state index in [0.29, 0.717) is 0 Å². The molecule has 0 bridgehead atoms. The van der Waals surface area contributed by atoms with Gasteiger partial charge < -0.3 is 0 Å². The third-order valence-corrected chi connectivity index (χ3v) is 9.21. The molecule has 2 saturated carbocycles. The third-order valence-electron chi connectivity index (χ3n) is 5.53. The highest BCUT2D eigenvalue weighted by atomic mass is 31.1. The predicted molar refractivity (Wildman–Crippen MR) is 87.2 cm³/mol. The highest BCUT2D eigenvalue weighted by molar-refractivity contribution is 7.63. The summed E-state index contributed by atoms with van der Waals surface area (Å²) in [5, 5.41) is 1.97. The number of allylic oxidation sites excluding steroid dienone is 2. The number of hydrogen-bond acceptors (Lipinski definition) is 0. The molecule has 0 nitrogen and oxygen atoms in total. The molecule has 0 unspecified atom stereocenters. The molecule has 0 N–H and O–H groups in total. The van der Waals surface area contributed by atoms with Gasteiger partial charge >= 0.3 is 0 Å². The Morgan fingerprint density at radius 2 is 1.26 bits per heavy atom. The third kappa shape index (κ3) is 3.63. The maximum Gasteiger partial charge on any atom is -0.0170 e. The summed E-state index contributed by atoms with van der Waals surface area (Å²) in [6.45, 7) is 0. The molecule has 19 heavy (non-hydrogen) atoms. The lowest BCUT2D eigenvalue weighted by molar-refractivity contribution is 0.485. The van der Waals surface area contributed by atoms with Crippen molar-refractivity contribution in [3.8, 4) is 0 Å². The van der Waals surface area contributed by atoms with Gasteiger partial charge in [0.25, 0.3) is 0 Å². The van der Waals surface area contributed by atoms with Crippen LogP contribution in [0.5, 0.6) is 0 Å². The Balaban J connectivity index is 1.74. The Labute approximate surface area is 121 Å². The van der Waals surface area contributed by atoms with E-state index in [4.69, 9.17) is 0 Å². The van der Waals surface area contributed by atoms with E-state index in [1.807, 2.05) is 5.31 Å². The average Bonchev–Trinajstić information content (AvgIpc) is 2.51. The van der Waals surface area contributed by atoms with Crippen LogP contribution in [-0.4, -0.2) is 11.3 Å². The van der Waals surface area contributed by atoms with Crippen molar-refractivity contribution < 1.29 is 0 Å². The zero-order chi connectivity index (χ0) is 12.9. The van der Waals surface area contributed by atoms with E-state index in [1.54, 1.807) is 25.7 Å². The minimum atomic E-state index is 0.246. The molecular formula is C18H31P. The standard InChI is InChI=1S/C18H31P/c1-4-10-16(11-5-1)19(17-12-6-2-7-13-17)18-14-8-3-9-15-18/h10,17-18H,1-9,11-15H2. The summed E-state index contributed by atoms with van der Waals surface area (Å²) in [6.07, 6.45) is 23.9. The van der Waals surface area contributed by atoms with Crippen LogP contribution < -0.4 is 0 Å². The Kier molecular flexibility index (Phi) is 5.39. The summed E-state index contributed by atoms with van der Waals surface area (Å²) in [4.78, 5) is 0. The molecular weight excluding hydrogens is 247 g/mol. The monoisotopic (exact) mass is 278 g/mol. The normalized spacial score (nSPS) is 27.5. The van der Waals surface area contributed by atoms with Crippen molar-refractivity contribution in [3.05, 3.63) is 11.4 Å². The molecule has 3 aliphatic carbocycles. The minimum Gasteiger partial charge on any atom is -0.0808 e. The molecule has 0 radical (unpaired) electrons. The van der Waals surface area contributed by atoms with E-state index < -0.39 is 0 Å². The summed E-state index contributed by atoms with van der Waals surface area (Å²) in [7, 11) is 0.246. The predicted octanol–water partition coefficient (Wildman–Crippen LogP) is 6.59. The van der Waals surface area contributed by atoms with E-state index in [2.05, 4.69) is 6.08 Å². The second-order valence-corrected chi connectivity index (χ2v) is 9.78. The fourth-order valence-corrected chi connectivity index (χ4v) is 8.67. The van der Waals surface area contributed by atoms with Crippen molar-refractivity contribution >= 4 is 7.92 Å². The molecule has 0 aromatic rings. The zero-order valence-electron chi connectivity index (χ0n) is 12.6. The van der Waals surface area contributed by atoms with Gasteiger partial charge in [0.2, 0.25) is 0 Å². The zero-order valence-corrected chi connectivity index (χ0v) is 13.5. The highest BCUT2D eigenvalue weighted by Crippen LogP contribution is 2.62. The van der Waals surface area contributed by atoms with Gasteiger partial charge in [-0.25, -0.2) is 0 Å². The summed E-state index contributed by atoms with van der Waals surface area (Å²) >= 11 is 0. The molecule has 3 aliphatic rings. The van der Waals surface area contributed by atoms with E-state index in [1.165, 1.54) is 64.2 Å². The van der Waals surface area contributed by atoms with Crippen molar-refractivity contribution in [3.63, 3.8) is 0 Å². The van der Waals surface area contributed by atoms with Gasteiger partial charge in [-0.1, -0.05) is 52.5 Å². The molecule has 0 aliphatic heterocycles. The SMILES string of the molecule is C1=C(P(C2CCCCC2)C2CCCCC2)CCCC1. The Morgan fingerprint density at radius 3 is 1.74 bits per heavy atom. The first-order chi connectivity index (χ1) is 9.45. The van der Waals surface area contributed by atoms with Crippen LogP contribution in [0.2, 0.25) is 0 Å². The second kappa shape index (κ2) is 7.26. The van der Waals surface area contributed by atoms with E-state index in [-0.39, 0.29) is 7.92 Å². The number of hydrogen-bond donors (Lipinski definition) is 0. The smallest absolute Gasteiger partial charge is 0.0170 e. The van der Waals surface area contributed by atoms with Crippen LogP contribution in [0.1, 0.15) is 89.9 Å². The molecule has 0 aromatic heterocycles. The Bertz CT molecular complexity index is 277. The van der Waals surface area contributed by atoms with Crippen LogP contribution >= 0.6 is 7.92 Å². The first-order valence-corrected chi connectivity index (χ1v) is 10.4. The lowest BCUT2D eigenvalue weighted by Gasteiger charge is -2.40. The van der Waals surface area contributed by atoms with Crippen LogP contribution in [0.4, 0.5) is 0 Å². The highest BCUT2D eigenvalue weighted by Gasteiger charge is 2.33. The molecule has 0 aromatic carbocycles. The average molecular weight is 278 g/mol. The summed E-state index contributed by atoms with van der Waals surface area (Å²) in [5.74, 6) is 0. The second-order valence-electron chi connectivity index (χ2n) is 6.93. The summed E-state index contributed by atoms with van der Waals surface area (Å²) in [6, 6.07) is 0. The van der Waals surface area contributed by atoms with E-state index in [0.717, 1.165) is 11.3 Å². The quantitative estimate of drug-likeness (QED) is 0.511. The van der Waals surface area contributed by atoms with E-state index >= 15 is 0 Å². The Morgan fingerprint density at radius 1 is 0.684 bits per heavy atom. The van der Waals surface area contributed by atoms with Crippen LogP contribution in [0, 0.1) is 0 Å². The largest absolute Gasteiger partial charge is 0.0808 e. The molecule has 0 spiro atoms. The Hall–Kier alpha value is 0.170. The summed E-state index contributed by atoms with van der Waals surface area (Å²) < 4.78 is 0. The van der Waals surface area contributed by atoms with Crippen LogP contribution in [0.15, 0.2) is 11.4 Å². The van der Waals surface area contributed by atoms with Crippen LogP contribution in [0.25, 0.3) is 0 Å². The molecule has 108 valence electrons. The first-order valence-electron chi connectivity index (χ1n) is 8.92. The fourth-order valence-electron chi connectivity index (χ4n) is 4.54. The van der Waals surface area contributed by atoms with Gasteiger partial charge in [0.05, 0.1) is 0 Å². The first kappa shape index (κ1) is 14.1. The van der Waals surface area contributed by atoms with Gasteiger partial charge in [-0.15, -0.1) is 0 Å². The molecule has 0 heterocycles. The lowest BCUT2D eigenvalue weighted by Crippen LogP contribution is -2.21. The van der Waals surface area contributed by atoms with Crippen molar-refractivity contribution in [1.82, 2.24) is 0 Å². The van der Waals surface area contributed by atoms with Crippen molar-refractivity contribution in [2.24, 2.45) is 0 Å².